The van der Waals surface area contributed by atoms with Crippen LogP contribution in [0.15, 0.2) is 24.3 Å². The Morgan fingerprint density at radius 1 is 0.955 bits per heavy atom. The zero-order valence-corrected chi connectivity index (χ0v) is 13.6. The summed E-state index contributed by atoms with van der Waals surface area (Å²) < 4.78 is 10.4. The lowest BCUT2D eigenvalue weighted by Crippen LogP contribution is -2.11. The minimum absolute atomic E-state index is 0.226. The van der Waals surface area contributed by atoms with E-state index in [-0.39, 0.29) is 24.8 Å². The summed E-state index contributed by atoms with van der Waals surface area (Å²) in [4.78, 5) is 23.3. The molecule has 0 radical (unpaired) electrons. The van der Waals surface area contributed by atoms with Crippen molar-refractivity contribution in [2.24, 2.45) is 0 Å². The molecule has 0 aliphatic heterocycles. The van der Waals surface area contributed by atoms with Crippen molar-refractivity contribution in [2.75, 3.05) is 6.61 Å². The van der Waals surface area contributed by atoms with Gasteiger partial charge in [0.2, 0.25) is 0 Å². The van der Waals surface area contributed by atoms with Gasteiger partial charge in [-0.1, -0.05) is 44.9 Å². The molecule has 22 heavy (non-hydrogen) atoms. The van der Waals surface area contributed by atoms with Crippen molar-refractivity contribution in [1.29, 1.82) is 0 Å². The third-order valence-electron chi connectivity index (χ3n) is 3.24. The molecule has 0 N–H and O–H groups in total. The van der Waals surface area contributed by atoms with Gasteiger partial charge < -0.3 is 9.47 Å². The van der Waals surface area contributed by atoms with Gasteiger partial charge in [-0.3, -0.25) is 9.59 Å². The number of para-hydroxylation sites is 1. The van der Waals surface area contributed by atoms with Gasteiger partial charge in [-0.2, -0.15) is 0 Å². The van der Waals surface area contributed by atoms with Crippen LogP contribution in [0.3, 0.4) is 0 Å². The van der Waals surface area contributed by atoms with Crippen molar-refractivity contribution in [2.45, 2.75) is 58.8 Å². The third kappa shape index (κ3) is 7.25. The highest BCUT2D eigenvalue weighted by Crippen LogP contribution is 2.20. The third-order valence-corrected chi connectivity index (χ3v) is 3.24. The fraction of sp³-hybridized carbons (Fsp3) is 0.556. The number of carbonyl (C=O) groups is 2. The van der Waals surface area contributed by atoms with Gasteiger partial charge in [0.15, 0.2) is 0 Å². The Bertz CT molecular complexity index is 468. The normalized spacial score (nSPS) is 10.3. The molecule has 0 saturated carbocycles. The number of rotatable bonds is 10. The first-order valence-electron chi connectivity index (χ1n) is 8.11. The van der Waals surface area contributed by atoms with Gasteiger partial charge in [0.05, 0.1) is 6.61 Å². The molecule has 4 heteroatoms. The van der Waals surface area contributed by atoms with E-state index in [1.165, 1.54) is 0 Å². The van der Waals surface area contributed by atoms with E-state index in [9.17, 15) is 9.59 Å². The maximum atomic E-state index is 11.8. The predicted molar refractivity (Wildman–Crippen MR) is 85.8 cm³/mol. The standard InChI is InChI=1S/C18H26O4/c1-3-5-14-21-17(19)12-8-13-18(20)22-16-11-7-6-10-15(16)9-4-2/h6-7,10-11H,3-5,8-9,12-14H2,1-2H3. The van der Waals surface area contributed by atoms with E-state index in [1.54, 1.807) is 0 Å². The lowest BCUT2D eigenvalue weighted by molar-refractivity contribution is -0.144. The van der Waals surface area contributed by atoms with E-state index in [0.29, 0.717) is 18.8 Å². The summed E-state index contributed by atoms with van der Waals surface area (Å²) in [5, 5.41) is 0. The van der Waals surface area contributed by atoms with Crippen LogP contribution in [0.1, 0.15) is 57.9 Å². The van der Waals surface area contributed by atoms with Crippen LogP contribution in [-0.4, -0.2) is 18.5 Å². The molecule has 1 rings (SSSR count). The van der Waals surface area contributed by atoms with Crippen LogP contribution in [0, 0.1) is 0 Å². The number of ether oxygens (including phenoxy) is 2. The number of unbranched alkanes of at least 4 members (excludes halogenated alkanes) is 1. The molecule has 0 amide bonds. The van der Waals surface area contributed by atoms with Crippen LogP contribution < -0.4 is 4.74 Å². The summed E-state index contributed by atoms with van der Waals surface area (Å²) in [5.74, 6) is 0.0809. The Morgan fingerprint density at radius 2 is 1.68 bits per heavy atom. The zero-order valence-electron chi connectivity index (χ0n) is 13.6. The quantitative estimate of drug-likeness (QED) is 0.371. The molecular formula is C18H26O4. The van der Waals surface area contributed by atoms with Gasteiger partial charge in [-0.25, -0.2) is 0 Å². The Balaban J connectivity index is 2.30. The van der Waals surface area contributed by atoms with Gasteiger partial charge in [0, 0.05) is 12.8 Å². The van der Waals surface area contributed by atoms with Crippen LogP contribution in [0.4, 0.5) is 0 Å². The molecule has 4 nitrogen and oxygen atoms in total. The molecule has 0 fully saturated rings. The van der Waals surface area contributed by atoms with E-state index in [2.05, 4.69) is 6.92 Å². The molecule has 0 spiro atoms. The van der Waals surface area contributed by atoms with Crippen molar-refractivity contribution >= 4 is 11.9 Å². The molecule has 0 saturated heterocycles. The van der Waals surface area contributed by atoms with Crippen LogP contribution in [0.2, 0.25) is 0 Å². The summed E-state index contributed by atoms with van der Waals surface area (Å²) in [6, 6.07) is 7.57. The minimum atomic E-state index is -0.301. The second kappa shape index (κ2) is 10.8. The highest BCUT2D eigenvalue weighted by Gasteiger charge is 2.10. The smallest absolute Gasteiger partial charge is 0.311 e. The lowest BCUT2D eigenvalue weighted by Gasteiger charge is -2.09. The summed E-state index contributed by atoms with van der Waals surface area (Å²) >= 11 is 0. The first-order valence-corrected chi connectivity index (χ1v) is 8.11. The Labute approximate surface area is 132 Å². The summed E-state index contributed by atoms with van der Waals surface area (Å²) in [7, 11) is 0. The second-order valence-corrected chi connectivity index (χ2v) is 5.26. The maximum absolute atomic E-state index is 11.8. The number of benzene rings is 1. The number of esters is 2. The van der Waals surface area contributed by atoms with Crippen LogP contribution in [0.25, 0.3) is 0 Å². The van der Waals surface area contributed by atoms with Crippen molar-refractivity contribution in [1.82, 2.24) is 0 Å². The topological polar surface area (TPSA) is 52.6 Å². The molecule has 1 aromatic carbocycles. The average Bonchev–Trinajstić information content (AvgIpc) is 2.50. The molecule has 0 atom stereocenters. The molecular weight excluding hydrogens is 280 g/mol. The van der Waals surface area contributed by atoms with E-state index >= 15 is 0 Å². The maximum Gasteiger partial charge on any atom is 0.311 e. The van der Waals surface area contributed by atoms with Crippen LogP contribution in [0.5, 0.6) is 5.75 Å². The van der Waals surface area contributed by atoms with Crippen molar-refractivity contribution in [3.05, 3.63) is 29.8 Å². The van der Waals surface area contributed by atoms with E-state index in [1.807, 2.05) is 31.2 Å². The summed E-state index contributed by atoms with van der Waals surface area (Å²) in [6.07, 6.45) is 4.70. The first-order chi connectivity index (χ1) is 10.7. The second-order valence-electron chi connectivity index (χ2n) is 5.26. The Hall–Kier alpha value is -1.84. The number of aryl methyl sites for hydroxylation is 1. The van der Waals surface area contributed by atoms with Crippen LogP contribution in [-0.2, 0) is 20.7 Å². The summed E-state index contributed by atoms with van der Waals surface area (Å²) in [5.41, 5.74) is 1.04. The SMILES string of the molecule is CCCCOC(=O)CCCC(=O)Oc1ccccc1CCC. The molecule has 0 bridgehead atoms. The fourth-order valence-electron chi connectivity index (χ4n) is 2.03. The fourth-order valence-corrected chi connectivity index (χ4v) is 2.03. The van der Waals surface area contributed by atoms with E-state index < -0.39 is 0 Å². The van der Waals surface area contributed by atoms with Crippen molar-refractivity contribution < 1.29 is 19.1 Å². The van der Waals surface area contributed by atoms with Gasteiger partial charge in [-0.05, 0) is 30.9 Å². The van der Waals surface area contributed by atoms with Gasteiger partial charge in [-0.15, -0.1) is 0 Å². The molecule has 0 aliphatic carbocycles. The van der Waals surface area contributed by atoms with Gasteiger partial charge >= 0.3 is 11.9 Å². The molecule has 0 unspecified atom stereocenters. The highest BCUT2D eigenvalue weighted by atomic mass is 16.5. The van der Waals surface area contributed by atoms with Gasteiger partial charge in [0.25, 0.3) is 0 Å². The van der Waals surface area contributed by atoms with Crippen molar-refractivity contribution in [3.8, 4) is 5.75 Å². The Kier molecular flexibility index (Phi) is 8.96. The number of carbonyl (C=O) groups excluding carboxylic acids is 2. The number of hydrogen-bond donors (Lipinski definition) is 0. The Morgan fingerprint density at radius 3 is 2.41 bits per heavy atom. The minimum Gasteiger partial charge on any atom is -0.466 e. The lowest BCUT2D eigenvalue weighted by atomic mass is 10.1. The molecule has 0 aromatic heterocycles. The predicted octanol–water partition coefficient (Wildman–Crippen LogP) is 4.06. The van der Waals surface area contributed by atoms with Crippen LogP contribution >= 0.6 is 0 Å². The van der Waals surface area contributed by atoms with E-state index in [0.717, 1.165) is 31.2 Å². The average molecular weight is 306 g/mol. The van der Waals surface area contributed by atoms with Gasteiger partial charge in [0.1, 0.15) is 5.75 Å². The molecule has 1 aromatic rings. The molecule has 122 valence electrons. The number of hydrogen-bond acceptors (Lipinski definition) is 4. The summed E-state index contributed by atoms with van der Waals surface area (Å²) in [6.45, 7) is 4.59. The first kappa shape index (κ1) is 18.2. The molecule has 0 heterocycles. The van der Waals surface area contributed by atoms with E-state index in [4.69, 9.17) is 9.47 Å². The monoisotopic (exact) mass is 306 g/mol. The largest absolute Gasteiger partial charge is 0.466 e. The highest BCUT2D eigenvalue weighted by molar-refractivity contribution is 5.74. The zero-order chi connectivity index (χ0) is 16.2. The van der Waals surface area contributed by atoms with Crippen molar-refractivity contribution in [3.63, 3.8) is 0 Å². The molecule has 0 aliphatic rings.